The first-order valence-electron chi connectivity index (χ1n) is 8.28. The van der Waals surface area contributed by atoms with E-state index in [0.717, 1.165) is 12.8 Å². The van der Waals surface area contributed by atoms with E-state index in [9.17, 15) is 0 Å². The quantitative estimate of drug-likeness (QED) is 0.428. The lowest BCUT2D eigenvalue weighted by Crippen LogP contribution is -2.06. The van der Waals surface area contributed by atoms with E-state index in [1.807, 2.05) is 11.3 Å². The summed E-state index contributed by atoms with van der Waals surface area (Å²) in [5.74, 6) is 0. The Kier molecular flexibility index (Phi) is 4.22. The van der Waals surface area contributed by atoms with Crippen LogP contribution in [0.25, 0.3) is 10.8 Å². The maximum atomic E-state index is 4.33. The summed E-state index contributed by atoms with van der Waals surface area (Å²) in [7, 11) is 0. The summed E-state index contributed by atoms with van der Waals surface area (Å²) in [5, 5.41) is 4.83. The lowest BCUT2D eigenvalue weighted by atomic mass is 9.95. The van der Waals surface area contributed by atoms with Crippen LogP contribution in [-0.4, -0.2) is 4.57 Å². The van der Waals surface area contributed by atoms with Crippen LogP contribution >= 0.6 is 11.3 Å². The number of rotatable bonds is 5. The molecule has 1 nitrogen and oxygen atoms in total. The molecule has 1 unspecified atom stereocenters. The van der Waals surface area contributed by atoms with Crippen molar-refractivity contribution in [3.05, 3.63) is 101 Å². The molecule has 0 N–H and O–H groups in total. The Morgan fingerprint density at radius 2 is 1.79 bits per heavy atom. The Hall–Kier alpha value is -2.32. The highest BCUT2D eigenvalue weighted by atomic mass is 32.1. The fraction of sp³-hybridized carbons (Fsp3) is 0.136. The number of fused-ring (bicyclic) bond motifs is 1. The van der Waals surface area contributed by atoms with Crippen LogP contribution in [0.3, 0.4) is 0 Å². The number of nitrogens with zero attached hydrogens (tertiary/aromatic N) is 1. The molecule has 0 saturated carbocycles. The third kappa shape index (κ3) is 3.15. The number of benzene rings is 2. The second-order valence-corrected chi connectivity index (χ2v) is 7.25. The molecule has 24 heavy (non-hydrogen) atoms. The van der Waals surface area contributed by atoms with Crippen LogP contribution in [0.15, 0.2) is 78.4 Å². The van der Waals surface area contributed by atoms with Crippen LogP contribution in [0.2, 0.25) is 0 Å². The van der Waals surface area contributed by atoms with Gasteiger partial charge in [0, 0.05) is 29.7 Å². The lowest BCUT2D eigenvalue weighted by molar-refractivity contribution is 0.600. The average Bonchev–Trinajstić information content (AvgIpc) is 3.28. The minimum atomic E-state index is 0.218. The van der Waals surface area contributed by atoms with Crippen molar-refractivity contribution < 1.29 is 0 Å². The molecule has 2 aromatic carbocycles. The zero-order valence-corrected chi connectivity index (χ0v) is 14.4. The Balaban J connectivity index is 1.71. The molecule has 119 valence electrons. The van der Waals surface area contributed by atoms with E-state index in [-0.39, 0.29) is 6.04 Å². The molecule has 0 aliphatic rings. The topological polar surface area (TPSA) is 4.93 Å². The molecule has 4 aromatic rings. The first-order chi connectivity index (χ1) is 11.8. The van der Waals surface area contributed by atoms with E-state index in [0.29, 0.717) is 0 Å². The maximum absolute atomic E-state index is 4.33. The van der Waals surface area contributed by atoms with Gasteiger partial charge in [-0.15, -0.1) is 11.3 Å². The van der Waals surface area contributed by atoms with Crippen LogP contribution in [0.1, 0.15) is 22.0 Å². The molecule has 2 heteroatoms. The van der Waals surface area contributed by atoms with E-state index in [1.54, 1.807) is 0 Å². The fourth-order valence-corrected chi connectivity index (χ4v) is 4.02. The van der Waals surface area contributed by atoms with Crippen LogP contribution < -0.4 is 0 Å². The highest BCUT2D eigenvalue weighted by molar-refractivity contribution is 7.09. The molecule has 2 heterocycles. The smallest absolute Gasteiger partial charge is 0.0371 e. The second-order valence-electron chi connectivity index (χ2n) is 6.22. The summed E-state index contributed by atoms with van der Waals surface area (Å²) < 4.78 is 2.17. The molecular formula is C22H20NS. The molecule has 1 radical (unpaired) electrons. The lowest BCUT2D eigenvalue weighted by Gasteiger charge is -2.16. The van der Waals surface area contributed by atoms with E-state index < -0.39 is 0 Å². The van der Waals surface area contributed by atoms with Gasteiger partial charge < -0.3 is 4.57 Å². The molecule has 0 aliphatic carbocycles. The summed E-state index contributed by atoms with van der Waals surface area (Å²) in [6.45, 7) is 4.33. The monoisotopic (exact) mass is 330 g/mol. The van der Waals surface area contributed by atoms with Gasteiger partial charge in [-0.3, -0.25) is 0 Å². The van der Waals surface area contributed by atoms with Gasteiger partial charge in [0.1, 0.15) is 0 Å². The summed E-state index contributed by atoms with van der Waals surface area (Å²) in [5.41, 5.74) is 2.76. The van der Waals surface area contributed by atoms with E-state index in [4.69, 9.17) is 0 Å². The van der Waals surface area contributed by atoms with Gasteiger partial charge in [0.05, 0.1) is 0 Å². The molecule has 0 spiro atoms. The number of hydrogen-bond acceptors (Lipinski definition) is 1. The van der Waals surface area contributed by atoms with Gasteiger partial charge in [0.25, 0.3) is 0 Å². The van der Waals surface area contributed by atoms with Gasteiger partial charge in [-0.25, -0.2) is 0 Å². The third-order valence-corrected chi connectivity index (χ3v) is 5.35. The van der Waals surface area contributed by atoms with Crippen LogP contribution in [0.5, 0.6) is 0 Å². The van der Waals surface area contributed by atoms with Crippen molar-refractivity contribution in [2.45, 2.75) is 18.9 Å². The van der Waals surface area contributed by atoms with E-state index in [2.05, 4.69) is 89.9 Å². The Morgan fingerprint density at radius 1 is 0.958 bits per heavy atom. The molecule has 0 saturated heterocycles. The summed E-state index contributed by atoms with van der Waals surface area (Å²) in [4.78, 5) is 1.41. The number of thiophene rings is 1. The van der Waals surface area contributed by atoms with Crippen molar-refractivity contribution in [2.75, 3.05) is 0 Å². The summed E-state index contributed by atoms with van der Waals surface area (Å²) >= 11 is 1.83. The predicted octanol–water partition coefficient (Wildman–Crippen LogP) is 5.91. The minimum Gasteiger partial charge on any atom is -0.351 e. The van der Waals surface area contributed by atoms with Crippen molar-refractivity contribution in [2.24, 2.45) is 0 Å². The molecule has 2 aromatic heterocycles. The average molecular weight is 330 g/mol. The summed E-state index contributed by atoms with van der Waals surface area (Å²) in [6.07, 6.45) is 6.12. The van der Waals surface area contributed by atoms with E-state index in [1.165, 1.54) is 26.8 Å². The molecule has 0 aliphatic heterocycles. The first kappa shape index (κ1) is 15.2. The van der Waals surface area contributed by atoms with Crippen molar-refractivity contribution in [3.63, 3.8) is 0 Å². The highest BCUT2D eigenvalue weighted by Crippen LogP contribution is 2.27. The van der Waals surface area contributed by atoms with Crippen molar-refractivity contribution in [1.29, 1.82) is 0 Å². The number of hydrogen-bond donors (Lipinski definition) is 0. The van der Waals surface area contributed by atoms with Crippen molar-refractivity contribution >= 4 is 22.1 Å². The zero-order valence-electron chi connectivity index (χ0n) is 13.6. The van der Waals surface area contributed by atoms with Gasteiger partial charge >= 0.3 is 0 Å². The third-order valence-electron chi connectivity index (χ3n) is 4.47. The predicted molar refractivity (Wildman–Crippen MR) is 104 cm³/mol. The zero-order chi connectivity index (χ0) is 16.4. The standard InChI is InChI=1S/C22H20NS/c1-17(23-10-4-5-11-23)13-18-14-19-7-2-3-9-22(19)20(15-18)16-21-8-6-12-24-21/h2-12,14-15,17H,1,13,16H2. The number of aromatic nitrogens is 1. The van der Waals surface area contributed by atoms with Gasteiger partial charge in [-0.1, -0.05) is 42.5 Å². The van der Waals surface area contributed by atoms with E-state index >= 15 is 0 Å². The SMILES string of the molecule is [CH2]C(Cc1cc(Cc2cccs2)c2ccccc2c1)n1cccc1. The van der Waals surface area contributed by atoms with Gasteiger partial charge in [-0.05, 0) is 58.8 Å². The Labute approximate surface area is 147 Å². The van der Waals surface area contributed by atoms with Crippen LogP contribution in [-0.2, 0) is 12.8 Å². The minimum absolute atomic E-state index is 0.218. The second kappa shape index (κ2) is 6.66. The van der Waals surface area contributed by atoms with Gasteiger partial charge in [-0.2, -0.15) is 0 Å². The molecule has 0 bridgehead atoms. The van der Waals surface area contributed by atoms with Crippen LogP contribution in [0, 0.1) is 6.92 Å². The molecular weight excluding hydrogens is 310 g/mol. The largest absolute Gasteiger partial charge is 0.351 e. The van der Waals surface area contributed by atoms with Crippen LogP contribution in [0.4, 0.5) is 0 Å². The Morgan fingerprint density at radius 3 is 2.58 bits per heavy atom. The van der Waals surface area contributed by atoms with Gasteiger partial charge in [0.2, 0.25) is 0 Å². The molecule has 1 atom stereocenters. The molecule has 0 amide bonds. The van der Waals surface area contributed by atoms with Crippen molar-refractivity contribution in [1.82, 2.24) is 4.57 Å². The maximum Gasteiger partial charge on any atom is 0.0371 e. The highest BCUT2D eigenvalue weighted by Gasteiger charge is 2.09. The normalized spacial score (nSPS) is 12.5. The van der Waals surface area contributed by atoms with Gasteiger partial charge in [0.15, 0.2) is 0 Å². The fourth-order valence-electron chi connectivity index (χ4n) is 3.29. The first-order valence-corrected chi connectivity index (χ1v) is 9.16. The molecule has 4 rings (SSSR count). The Bertz CT molecular complexity index is 920. The van der Waals surface area contributed by atoms with Crippen molar-refractivity contribution in [3.8, 4) is 0 Å². The molecule has 0 fully saturated rings. The summed E-state index contributed by atoms with van der Waals surface area (Å²) in [6, 6.07) is 22.1.